The highest BCUT2D eigenvalue weighted by molar-refractivity contribution is 5.99. The van der Waals surface area contributed by atoms with E-state index in [1.54, 1.807) is 0 Å². The van der Waals surface area contributed by atoms with Crippen LogP contribution in [0.25, 0.3) is 0 Å². The first-order valence-corrected chi connectivity index (χ1v) is 12.1. The van der Waals surface area contributed by atoms with E-state index < -0.39 is 17.7 Å². The first kappa shape index (κ1) is 27.8. The third-order valence-corrected chi connectivity index (χ3v) is 5.78. The molecule has 32 heavy (non-hydrogen) atoms. The van der Waals surface area contributed by atoms with Gasteiger partial charge in [-0.25, -0.2) is 9.78 Å². The van der Waals surface area contributed by atoms with Gasteiger partial charge >= 0.3 is 11.7 Å². The molecule has 0 spiro atoms. The highest BCUT2D eigenvalue weighted by Gasteiger charge is 2.23. The number of nitrogen functional groups attached to an aromatic ring is 1. The first-order valence-electron chi connectivity index (χ1n) is 12.1. The second-order valence-corrected chi connectivity index (χ2v) is 9.03. The summed E-state index contributed by atoms with van der Waals surface area (Å²) in [6, 6.07) is -0.682. The Hall–Kier alpha value is -2.22. The number of unbranched alkanes of at least 4 members (excludes halogenated alkanes) is 8. The summed E-state index contributed by atoms with van der Waals surface area (Å²) in [5, 5.41) is 0. The Labute approximate surface area is 191 Å². The minimum absolute atomic E-state index is 0.00986. The molecule has 0 radical (unpaired) electrons. The molecule has 1 rings (SSSR count). The van der Waals surface area contributed by atoms with E-state index in [9.17, 15) is 14.4 Å². The number of hydrogen-bond acceptors (Lipinski definition) is 7. The minimum atomic E-state index is -0.682. The number of carbonyl (C=O) groups excluding carboxylic acids is 2. The number of anilines is 1. The molecule has 2 atom stereocenters. The molecule has 8 heteroatoms. The molecule has 1 aromatic heterocycles. The molecule has 0 amide bonds. The van der Waals surface area contributed by atoms with Crippen LogP contribution in [-0.4, -0.2) is 34.4 Å². The van der Waals surface area contributed by atoms with Gasteiger partial charge in [0.25, 0.3) is 0 Å². The van der Waals surface area contributed by atoms with Gasteiger partial charge in [0.15, 0.2) is 5.78 Å². The number of aromatic amines is 1. The Morgan fingerprint density at radius 1 is 1.06 bits per heavy atom. The van der Waals surface area contributed by atoms with Crippen LogP contribution < -0.4 is 17.2 Å². The fraction of sp³-hybridized carbons (Fsp3) is 0.750. The summed E-state index contributed by atoms with van der Waals surface area (Å²) in [6.45, 7) is 6.08. The molecule has 0 bridgehead atoms. The second-order valence-electron chi connectivity index (χ2n) is 9.03. The molecule has 0 aliphatic rings. The van der Waals surface area contributed by atoms with Crippen molar-refractivity contribution in [3.8, 4) is 0 Å². The number of ketones is 1. The lowest BCUT2D eigenvalue weighted by atomic mass is 9.93. The van der Waals surface area contributed by atoms with Crippen LogP contribution in [0.5, 0.6) is 0 Å². The van der Waals surface area contributed by atoms with Crippen molar-refractivity contribution in [3.63, 3.8) is 0 Å². The molecule has 182 valence electrons. The maximum Gasteiger partial charge on any atom is 0.346 e. The molecular formula is C24H42N4O4. The Bertz CT molecular complexity index is 748. The van der Waals surface area contributed by atoms with Gasteiger partial charge in [-0.3, -0.25) is 14.6 Å². The normalized spacial score (nSPS) is 13.2. The summed E-state index contributed by atoms with van der Waals surface area (Å²) >= 11 is 0. The van der Waals surface area contributed by atoms with Gasteiger partial charge in [0.1, 0.15) is 11.9 Å². The number of hydrogen-bond donors (Lipinski definition) is 3. The summed E-state index contributed by atoms with van der Waals surface area (Å²) in [6.07, 6.45) is 13.0. The highest BCUT2D eigenvalue weighted by Crippen LogP contribution is 2.20. The summed E-state index contributed by atoms with van der Waals surface area (Å²) in [4.78, 5) is 42.1. The van der Waals surface area contributed by atoms with Gasteiger partial charge in [-0.1, -0.05) is 78.6 Å². The summed E-state index contributed by atoms with van der Waals surface area (Å²) in [7, 11) is 0. The minimum Gasteiger partial charge on any atom is -0.464 e. The van der Waals surface area contributed by atoms with E-state index in [2.05, 4.69) is 16.9 Å². The maximum absolute atomic E-state index is 12.7. The number of aromatic nitrogens is 2. The van der Waals surface area contributed by atoms with Crippen LogP contribution >= 0.6 is 0 Å². The Morgan fingerprint density at radius 2 is 1.66 bits per heavy atom. The fourth-order valence-corrected chi connectivity index (χ4v) is 3.56. The van der Waals surface area contributed by atoms with E-state index in [1.165, 1.54) is 51.1 Å². The maximum atomic E-state index is 12.7. The molecule has 0 aliphatic heterocycles. The largest absolute Gasteiger partial charge is 0.464 e. The van der Waals surface area contributed by atoms with Crippen molar-refractivity contribution in [1.29, 1.82) is 0 Å². The fourth-order valence-electron chi connectivity index (χ4n) is 3.56. The summed E-state index contributed by atoms with van der Waals surface area (Å²) < 4.78 is 5.43. The number of carbonyl (C=O) groups is 2. The van der Waals surface area contributed by atoms with Gasteiger partial charge in [-0.05, 0) is 12.3 Å². The zero-order chi connectivity index (χ0) is 23.9. The molecule has 1 heterocycles. The second kappa shape index (κ2) is 15.6. The van der Waals surface area contributed by atoms with Crippen LogP contribution in [0.2, 0.25) is 0 Å². The number of H-pyrrole nitrogens is 1. The van der Waals surface area contributed by atoms with Crippen LogP contribution in [0.15, 0.2) is 11.0 Å². The third-order valence-electron chi connectivity index (χ3n) is 5.78. The zero-order valence-electron chi connectivity index (χ0n) is 20.0. The Morgan fingerprint density at radius 3 is 2.22 bits per heavy atom. The van der Waals surface area contributed by atoms with E-state index in [-0.39, 0.29) is 42.0 Å². The van der Waals surface area contributed by atoms with E-state index in [0.717, 1.165) is 19.3 Å². The van der Waals surface area contributed by atoms with Gasteiger partial charge in [-0.15, -0.1) is 0 Å². The number of nitrogens with zero attached hydrogens (tertiary/aromatic N) is 1. The van der Waals surface area contributed by atoms with Crippen molar-refractivity contribution in [2.75, 3.05) is 12.3 Å². The molecule has 0 aliphatic carbocycles. The van der Waals surface area contributed by atoms with Crippen LogP contribution in [0.4, 0.5) is 5.82 Å². The average molecular weight is 451 g/mol. The lowest BCUT2D eigenvalue weighted by Crippen LogP contribution is -2.37. The molecule has 0 saturated heterocycles. The van der Waals surface area contributed by atoms with Crippen LogP contribution in [0, 0.1) is 11.8 Å². The predicted octanol–water partition coefficient (Wildman–Crippen LogP) is 3.99. The highest BCUT2D eigenvalue weighted by atomic mass is 16.5. The molecule has 0 saturated carbocycles. The lowest BCUT2D eigenvalue weighted by molar-refractivity contribution is -0.147. The smallest absolute Gasteiger partial charge is 0.346 e. The molecule has 1 aromatic rings. The number of ether oxygens (including phenoxy) is 1. The standard InChI is InChI=1S/C24H42N4O4/c1-4-5-6-7-8-9-10-11-12-13-18(16-32-23(30)21(25)17(2)3)14-20(29)19-15-27-24(31)28-22(19)26/h15,17-18,21H,4-14,16,25H2,1-3H3,(H3,26,27,28,31)/t18?,21-/m0/s1. The lowest BCUT2D eigenvalue weighted by Gasteiger charge is -2.19. The molecular weight excluding hydrogens is 408 g/mol. The SMILES string of the molecule is CCCCCCCCCCCC(COC(=O)[C@@H](N)C(C)C)CC(=O)c1cnc(=O)[nH]c1N. The summed E-state index contributed by atoms with van der Waals surface area (Å²) in [5.74, 6) is -0.824. The van der Waals surface area contributed by atoms with Gasteiger partial charge < -0.3 is 16.2 Å². The zero-order valence-corrected chi connectivity index (χ0v) is 20.0. The van der Waals surface area contributed by atoms with Crippen LogP contribution in [0.3, 0.4) is 0 Å². The van der Waals surface area contributed by atoms with Gasteiger partial charge in [0.05, 0.1) is 12.2 Å². The number of Topliss-reactive ketones (excluding diaryl/α,β-unsaturated/α-hetero) is 1. The van der Waals surface area contributed by atoms with Crippen molar-refractivity contribution < 1.29 is 14.3 Å². The number of nitrogens with two attached hydrogens (primary N) is 2. The van der Waals surface area contributed by atoms with Crippen molar-refractivity contribution in [1.82, 2.24) is 9.97 Å². The number of rotatable bonds is 17. The average Bonchev–Trinajstić information content (AvgIpc) is 2.75. The van der Waals surface area contributed by atoms with Gasteiger partial charge in [-0.2, -0.15) is 0 Å². The molecule has 1 unspecified atom stereocenters. The van der Waals surface area contributed by atoms with Crippen molar-refractivity contribution in [3.05, 3.63) is 22.2 Å². The topological polar surface area (TPSA) is 141 Å². The predicted molar refractivity (Wildman–Crippen MR) is 127 cm³/mol. The third kappa shape index (κ3) is 10.9. The van der Waals surface area contributed by atoms with Crippen molar-refractivity contribution in [2.24, 2.45) is 17.6 Å². The Kier molecular flexibility index (Phi) is 13.5. The van der Waals surface area contributed by atoms with E-state index >= 15 is 0 Å². The Balaban J connectivity index is 2.57. The van der Waals surface area contributed by atoms with Crippen LogP contribution in [0.1, 0.15) is 102 Å². The monoisotopic (exact) mass is 450 g/mol. The quantitative estimate of drug-likeness (QED) is 0.185. The van der Waals surface area contributed by atoms with E-state index in [0.29, 0.717) is 0 Å². The van der Waals surface area contributed by atoms with Crippen LogP contribution in [-0.2, 0) is 9.53 Å². The number of nitrogens with one attached hydrogen (secondary N) is 1. The summed E-state index contributed by atoms with van der Waals surface area (Å²) in [5.41, 5.74) is 11.2. The molecule has 5 N–H and O–H groups in total. The van der Waals surface area contributed by atoms with Crippen molar-refractivity contribution >= 4 is 17.6 Å². The van der Waals surface area contributed by atoms with E-state index in [4.69, 9.17) is 16.2 Å². The number of esters is 1. The molecule has 8 nitrogen and oxygen atoms in total. The van der Waals surface area contributed by atoms with Gasteiger partial charge in [0, 0.05) is 18.5 Å². The van der Waals surface area contributed by atoms with Gasteiger partial charge in [0.2, 0.25) is 0 Å². The molecule has 0 fully saturated rings. The van der Waals surface area contributed by atoms with Crippen molar-refractivity contribution in [2.45, 2.75) is 97.4 Å². The van der Waals surface area contributed by atoms with E-state index in [1.807, 2.05) is 13.8 Å². The first-order chi connectivity index (χ1) is 15.3. The molecule has 0 aromatic carbocycles.